The predicted octanol–water partition coefficient (Wildman–Crippen LogP) is 2.21. The number of ether oxygens (including phenoxy) is 3. The van der Waals surface area contributed by atoms with Crippen LogP contribution in [0.2, 0.25) is 5.02 Å². The summed E-state index contributed by atoms with van der Waals surface area (Å²) in [7, 11) is -0.258. The molecule has 162 valence electrons. The third kappa shape index (κ3) is 4.72. The SMILES string of the molecule is COc1cc(C(=O)NNS(=O)(=O)c2cc(Cl)c(C)c([N+](=O)[O-])c2)cc(OC)c1OC. The number of nitro benzene ring substituents is 1. The maximum absolute atomic E-state index is 12.5. The largest absolute Gasteiger partial charge is 0.493 e. The number of nitrogens with zero attached hydrogens (tertiary/aromatic N) is 1. The zero-order valence-corrected chi connectivity index (χ0v) is 17.9. The quantitative estimate of drug-likeness (QED) is 0.451. The second-order valence-corrected chi connectivity index (χ2v) is 7.87. The number of hydrogen-bond donors (Lipinski definition) is 2. The molecule has 0 aliphatic heterocycles. The van der Waals surface area contributed by atoms with Crippen LogP contribution in [0, 0.1) is 17.0 Å². The van der Waals surface area contributed by atoms with Gasteiger partial charge in [0.05, 0.1) is 36.2 Å². The Morgan fingerprint density at radius 1 is 1.07 bits per heavy atom. The van der Waals surface area contributed by atoms with Gasteiger partial charge in [-0.25, -0.2) is 8.42 Å². The number of halogens is 1. The van der Waals surface area contributed by atoms with Crippen LogP contribution in [0.15, 0.2) is 29.2 Å². The summed E-state index contributed by atoms with van der Waals surface area (Å²) in [5.74, 6) is -0.221. The molecular formula is C17H18ClN3O8S. The van der Waals surface area contributed by atoms with E-state index in [9.17, 15) is 23.3 Å². The zero-order chi connectivity index (χ0) is 22.6. The molecule has 2 aromatic carbocycles. The molecule has 0 atom stereocenters. The first-order valence-corrected chi connectivity index (χ1v) is 9.98. The van der Waals surface area contributed by atoms with Crippen LogP contribution in [-0.2, 0) is 10.0 Å². The molecular weight excluding hydrogens is 442 g/mol. The molecule has 11 nitrogen and oxygen atoms in total. The lowest BCUT2D eigenvalue weighted by atomic mass is 10.1. The summed E-state index contributed by atoms with van der Waals surface area (Å²) in [5.41, 5.74) is 1.66. The first-order chi connectivity index (χ1) is 14.0. The fourth-order valence-corrected chi connectivity index (χ4v) is 3.61. The van der Waals surface area contributed by atoms with E-state index in [1.165, 1.54) is 40.4 Å². The highest BCUT2D eigenvalue weighted by Crippen LogP contribution is 2.38. The number of benzene rings is 2. The fourth-order valence-electron chi connectivity index (χ4n) is 2.44. The van der Waals surface area contributed by atoms with Gasteiger partial charge in [0, 0.05) is 17.2 Å². The molecule has 0 fully saturated rings. The van der Waals surface area contributed by atoms with Crippen LogP contribution in [0.1, 0.15) is 15.9 Å². The monoisotopic (exact) mass is 459 g/mol. The van der Waals surface area contributed by atoms with Gasteiger partial charge in [0.15, 0.2) is 11.5 Å². The van der Waals surface area contributed by atoms with E-state index in [2.05, 4.69) is 0 Å². The van der Waals surface area contributed by atoms with Crippen LogP contribution in [0.3, 0.4) is 0 Å². The fraction of sp³-hybridized carbons (Fsp3) is 0.235. The molecule has 13 heteroatoms. The van der Waals surface area contributed by atoms with E-state index < -0.39 is 31.4 Å². The molecule has 0 bridgehead atoms. The zero-order valence-electron chi connectivity index (χ0n) is 16.3. The topological polar surface area (TPSA) is 146 Å². The third-order valence-electron chi connectivity index (χ3n) is 4.02. The van der Waals surface area contributed by atoms with E-state index in [1.807, 2.05) is 10.3 Å². The average molecular weight is 460 g/mol. The Bertz CT molecular complexity index is 1080. The van der Waals surface area contributed by atoms with Crippen molar-refractivity contribution < 1.29 is 32.3 Å². The molecule has 2 rings (SSSR count). The van der Waals surface area contributed by atoms with E-state index in [-0.39, 0.29) is 33.4 Å². The Morgan fingerprint density at radius 2 is 1.63 bits per heavy atom. The number of methoxy groups -OCH3 is 3. The van der Waals surface area contributed by atoms with Gasteiger partial charge in [-0.15, -0.1) is 4.83 Å². The Kier molecular flexibility index (Phi) is 7.08. The lowest BCUT2D eigenvalue weighted by Gasteiger charge is -2.14. The minimum Gasteiger partial charge on any atom is -0.493 e. The summed E-state index contributed by atoms with van der Waals surface area (Å²) in [6, 6.07) is 4.52. The second-order valence-electron chi connectivity index (χ2n) is 5.78. The Balaban J connectivity index is 2.31. The molecule has 0 unspecified atom stereocenters. The summed E-state index contributed by atoms with van der Waals surface area (Å²) < 4.78 is 40.4. The Labute approximate surface area is 177 Å². The van der Waals surface area contributed by atoms with Crippen molar-refractivity contribution in [3.8, 4) is 17.2 Å². The molecule has 30 heavy (non-hydrogen) atoms. The molecule has 0 saturated carbocycles. The van der Waals surface area contributed by atoms with E-state index in [4.69, 9.17) is 25.8 Å². The third-order valence-corrected chi connectivity index (χ3v) is 5.64. The van der Waals surface area contributed by atoms with E-state index in [1.54, 1.807) is 0 Å². The number of sulfonamides is 1. The molecule has 0 aliphatic rings. The van der Waals surface area contributed by atoms with Crippen LogP contribution in [0.25, 0.3) is 0 Å². The van der Waals surface area contributed by atoms with Gasteiger partial charge < -0.3 is 14.2 Å². The summed E-state index contributed by atoms with van der Waals surface area (Å²) >= 11 is 5.90. The molecule has 1 amide bonds. The van der Waals surface area contributed by atoms with Gasteiger partial charge in [-0.3, -0.25) is 20.3 Å². The first-order valence-electron chi connectivity index (χ1n) is 8.12. The van der Waals surface area contributed by atoms with Crippen molar-refractivity contribution in [2.45, 2.75) is 11.8 Å². The maximum atomic E-state index is 12.5. The number of hydrazine groups is 1. The van der Waals surface area contributed by atoms with E-state index in [0.717, 1.165) is 12.1 Å². The highest BCUT2D eigenvalue weighted by atomic mass is 35.5. The van der Waals surface area contributed by atoms with Gasteiger partial charge in [-0.05, 0) is 25.1 Å². The molecule has 0 aliphatic carbocycles. The molecule has 0 spiro atoms. The molecule has 0 heterocycles. The van der Waals surface area contributed by atoms with Crippen LogP contribution < -0.4 is 24.5 Å². The van der Waals surface area contributed by atoms with Crippen molar-refractivity contribution in [3.63, 3.8) is 0 Å². The Hall–Kier alpha value is -3.09. The molecule has 2 aromatic rings. The van der Waals surface area contributed by atoms with E-state index in [0.29, 0.717) is 0 Å². The number of rotatable bonds is 8. The highest BCUT2D eigenvalue weighted by Gasteiger charge is 2.24. The van der Waals surface area contributed by atoms with Crippen LogP contribution >= 0.6 is 11.6 Å². The van der Waals surface area contributed by atoms with Gasteiger partial charge in [-0.1, -0.05) is 11.6 Å². The van der Waals surface area contributed by atoms with Gasteiger partial charge in [0.2, 0.25) is 5.75 Å². The molecule has 2 N–H and O–H groups in total. The van der Waals surface area contributed by atoms with Crippen molar-refractivity contribution in [2.24, 2.45) is 0 Å². The number of carbonyl (C=O) groups excluding carboxylic acids is 1. The number of nitrogens with one attached hydrogen (secondary N) is 2. The summed E-state index contributed by atoms with van der Waals surface area (Å²) in [4.78, 5) is 24.2. The van der Waals surface area contributed by atoms with Crippen LogP contribution in [0.4, 0.5) is 5.69 Å². The van der Waals surface area contributed by atoms with E-state index >= 15 is 0 Å². The van der Waals surface area contributed by atoms with Crippen molar-refractivity contribution >= 4 is 33.2 Å². The minimum atomic E-state index is -4.36. The minimum absolute atomic E-state index is 0.000110. The van der Waals surface area contributed by atoms with Crippen LogP contribution in [0.5, 0.6) is 17.2 Å². The summed E-state index contributed by atoms with van der Waals surface area (Å²) in [6.45, 7) is 1.39. The van der Waals surface area contributed by atoms with Crippen molar-refractivity contribution in [1.82, 2.24) is 10.3 Å². The molecule has 0 radical (unpaired) electrons. The van der Waals surface area contributed by atoms with Crippen molar-refractivity contribution in [2.75, 3.05) is 21.3 Å². The standard InChI is InChI=1S/C17H18ClN3O8S/c1-9-12(18)7-11(8-13(9)21(23)24)30(25,26)20-19-17(22)10-5-14(27-2)16(29-4)15(6-10)28-3/h5-8,20H,1-4H3,(H,19,22). The number of hydrogen-bond acceptors (Lipinski definition) is 8. The maximum Gasteiger partial charge on any atom is 0.275 e. The normalized spacial score (nSPS) is 11.0. The average Bonchev–Trinajstić information content (AvgIpc) is 2.72. The van der Waals surface area contributed by atoms with Gasteiger partial charge >= 0.3 is 0 Å². The summed E-state index contributed by atoms with van der Waals surface area (Å²) in [5, 5.41) is 11.0. The van der Waals surface area contributed by atoms with Gasteiger partial charge in [0.1, 0.15) is 0 Å². The number of carbonyl (C=O) groups is 1. The second kappa shape index (κ2) is 9.15. The van der Waals surface area contributed by atoms with Crippen LogP contribution in [-0.4, -0.2) is 40.6 Å². The smallest absolute Gasteiger partial charge is 0.275 e. The summed E-state index contributed by atoms with van der Waals surface area (Å²) in [6.07, 6.45) is 0. The molecule has 0 saturated heterocycles. The lowest BCUT2D eigenvalue weighted by Crippen LogP contribution is -2.41. The Morgan fingerprint density at radius 3 is 2.10 bits per heavy atom. The number of nitro groups is 1. The van der Waals surface area contributed by atoms with Gasteiger partial charge in [-0.2, -0.15) is 0 Å². The van der Waals surface area contributed by atoms with Gasteiger partial charge in [0.25, 0.3) is 21.6 Å². The van der Waals surface area contributed by atoms with Crippen molar-refractivity contribution in [3.05, 3.63) is 50.5 Å². The van der Waals surface area contributed by atoms with Crippen molar-refractivity contribution in [1.29, 1.82) is 0 Å². The molecule has 0 aromatic heterocycles. The highest BCUT2D eigenvalue weighted by molar-refractivity contribution is 7.89. The lowest BCUT2D eigenvalue weighted by molar-refractivity contribution is -0.385. The first kappa shape index (κ1) is 23.2. The number of amides is 1. The predicted molar refractivity (Wildman–Crippen MR) is 107 cm³/mol.